The number of carbonyl (C=O) groups is 1. The molecule has 35 heavy (non-hydrogen) atoms. The van der Waals surface area contributed by atoms with Crippen molar-refractivity contribution < 1.29 is 18.9 Å². The van der Waals surface area contributed by atoms with Crippen molar-refractivity contribution in [2.24, 2.45) is 5.10 Å². The highest BCUT2D eigenvalue weighted by Crippen LogP contribution is 2.27. The predicted octanol–water partition coefficient (Wildman–Crippen LogP) is 3.44. The summed E-state index contributed by atoms with van der Waals surface area (Å²) < 4.78 is 10.5. The average Bonchev–Trinajstić information content (AvgIpc) is 3.51. The Morgan fingerprint density at radius 1 is 1.00 bits per heavy atom. The third-order valence-electron chi connectivity index (χ3n) is 5.34. The number of rotatable bonds is 7. The first-order chi connectivity index (χ1) is 17.0. The number of fused-ring (bicyclic) bond motifs is 1. The van der Waals surface area contributed by atoms with Crippen LogP contribution in [0.3, 0.4) is 0 Å². The summed E-state index contributed by atoms with van der Waals surface area (Å²) in [5.74, 6) is 0.362. The lowest BCUT2D eigenvalue weighted by atomic mass is 10.1. The fourth-order valence-electron chi connectivity index (χ4n) is 3.35. The molecule has 0 saturated carbocycles. The normalized spacial score (nSPS) is 11.3. The number of hydrazone groups is 1. The highest BCUT2D eigenvalue weighted by molar-refractivity contribution is 5.87. The number of nitrogens with one attached hydrogen (secondary N) is 2. The molecule has 2 N–H and O–H groups in total. The molecule has 5 rings (SSSR count). The van der Waals surface area contributed by atoms with E-state index in [-0.39, 0.29) is 16.9 Å². The highest BCUT2D eigenvalue weighted by Gasteiger charge is 2.14. The number of benzene rings is 2. The Morgan fingerprint density at radius 2 is 1.77 bits per heavy atom. The lowest BCUT2D eigenvalue weighted by Crippen LogP contribution is -2.22. The summed E-state index contributed by atoms with van der Waals surface area (Å²) in [6.45, 7) is 4.02. The van der Waals surface area contributed by atoms with Crippen molar-refractivity contribution in [2.75, 3.05) is 10.7 Å². The first kappa shape index (κ1) is 21.8. The molecule has 0 aliphatic heterocycles. The molecule has 0 atom stereocenters. The van der Waals surface area contributed by atoms with E-state index in [1.165, 1.54) is 18.3 Å². The standard InChI is InChI=1S/C24H19N7O4/c1-13-5-3-8-18(14(13)2)26-20-21(28-23-22(27-20)30-35-31-23)29-25-12-17-9-10-19(34-17)15-6-4-7-16(11-15)24(32)33/h3-12H,1-2H3,(H,32,33)(H,26,27,30)(H,28,29,31)/p-1/b25-12-. The summed E-state index contributed by atoms with van der Waals surface area (Å²) in [4.78, 5) is 19.9. The second-order valence-electron chi connectivity index (χ2n) is 7.65. The summed E-state index contributed by atoms with van der Waals surface area (Å²) in [5, 5.41) is 26.1. The Labute approximate surface area is 198 Å². The molecule has 0 radical (unpaired) electrons. The van der Waals surface area contributed by atoms with Crippen molar-refractivity contribution in [2.45, 2.75) is 13.8 Å². The summed E-state index contributed by atoms with van der Waals surface area (Å²) in [5.41, 5.74) is 7.04. The molecule has 0 fully saturated rings. The molecule has 3 aromatic heterocycles. The van der Waals surface area contributed by atoms with Gasteiger partial charge < -0.3 is 19.6 Å². The SMILES string of the molecule is Cc1cccc(Nc2nc3nonc3nc2N/N=C\c2ccc(-c3cccc(C(=O)[O-])c3)o2)c1C. The zero-order valence-corrected chi connectivity index (χ0v) is 18.6. The van der Waals surface area contributed by atoms with Crippen molar-refractivity contribution in [3.05, 3.63) is 77.0 Å². The van der Waals surface area contributed by atoms with Gasteiger partial charge in [-0.25, -0.2) is 9.61 Å². The van der Waals surface area contributed by atoms with Crippen LogP contribution < -0.4 is 15.8 Å². The van der Waals surface area contributed by atoms with Gasteiger partial charge in [-0.15, -0.1) is 0 Å². The van der Waals surface area contributed by atoms with Crippen LogP contribution in [-0.2, 0) is 0 Å². The lowest BCUT2D eigenvalue weighted by molar-refractivity contribution is -0.255. The quantitative estimate of drug-likeness (QED) is 0.268. The third kappa shape index (κ3) is 4.55. The topological polar surface area (TPSA) is 154 Å². The smallest absolute Gasteiger partial charge is 0.245 e. The van der Waals surface area contributed by atoms with Crippen molar-refractivity contribution in [3.8, 4) is 11.3 Å². The van der Waals surface area contributed by atoms with Crippen molar-refractivity contribution in [3.63, 3.8) is 0 Å². The largest absolute Gasteiger partial charge is 0.545 e. The Bertz CT molecular complexity index is 1570. The summed E-state index contributed by atoms with van der Waals surface area (Å²) >= 11 is 0. The number of aryl methyl sites for hydroxylation is 1. The summed E-state index contributed by atoms with van der Waals surface area (Å²) in [6, 6.07) is 15.6. The van der Waals surface area contributed by atoms with E-state index >= 15 is 0 Å². The van der Waals surface area contributed by atoms with Gasteiger partial charge in [-0.05, 0) is 65.1 Å². The number of aromatic nitrogens is 4. The minimum atomic E-state index is -1.25. The molecule has 0 aliphatic carbocycles. The van der Waals surface area contributed by atoms with Gasteiger partial charge in [-0.2, -0.15) is 10.1 Å². The van der Waals surface area contributed by atoms with Crippen LogP contribution in [0.15, 0.2) is 68.7 Å². The molecule has 11 heteroatoms. The first-order valence-electron chi connectivity index (χ1n) is 10.5. The molecule has 2 aromatic carbocycles. The van der Waals surface area contributed by atoms with Gasteiger partial charge in [0.05, 0.1) is 12.2 Å². The molecule has 0 bridgehead atoms. The molecule has 0 spiro atoms. The zero-order chi connectivity index (χ0) is 24.4. The van der Waals surface area contributed by atoms with Gasteiger partial charge in [0.25, 0.3) is 0 Å². The number of carboxylic acids is 1. The summed E-state index contributed by atoms with van der Waals surface area (Å²) in [7, 11) is 0. The number of anilines is 3. The molecule has 0 saturated heterocycles. The molecule has 11 nitrogen and oxygen atoms in total. The van der Waals surface area contributed by atoms with Crippen LogP contribution in [0.25, 0.3) is 22.6 Å². The van der Waals surface area contributed by atoms with E-state index in [0.717, 1.165) is 16.8 Å². The van der Waals surface area contributed by atoms with E-state index in [0.29, 0.717) is 28.7 Å². The second kappa shape index (κ2) is 9.06. The predicted molar refractivity (Wildman–Crippen MR) is 126 cm³/mol. The van der Waals surface area contributed by atoms with Crippen LogP contribution in [0.5, 0.6) is 0 Å². The fraction of sp³-hybridized carbons (Fsp3) is 0.0833. The van der Waals surface area contributed by atoms with Gasteiger partial charge in [0.1, 0.15) is 11.5 Å². The van der Waals surface area contributed by atoms with Crippen LogP contribution in [0.4, 0.5) is 17.3 Å². The molecular formula is C24H18N7O4-. The van der Waals surface area contributed by atoms with Crippen molar-refractivity contribution in [1.29, 1.82) is 0 Å². The molecule has 0 aliphatic rings. The molecular weight excluding hydrogens is 450 g/mol. The Morgan fingerprint density at radius 3 is 2.57 bits per heavy atom. The number of carbonyl (C=O) groups excluding carboxylic acids is 1. The van der Waals surface area contributed by atoms with Crippen molar-refractivity contribution >= 4 is 40.8 Å². The Hall–Kier alpha value is -5.06. The van der Waals surface area contributed by atoms with E-state index in [4.69, 9.17) is 9.05 Å². The van der Waals surface area contributed by atoms with Gasteiger partial charge in [0, 0.05) is 11.3 Å². The van der Waals surface area contributed by atoms with E-state index in [9.17, 15) is 9.90 Å². The van der Waals surface area contributed by atoms with Gasteiger partial charge >= 0.3 is 0 Å². The fourth-order valence-corrected chi connectivity index (χ4v) is 3.35. The van der Waals surface area contributed by atoms with Gasteiger partial charge in [-0.3, -0.25) is 5.43 Å². The molecule has 0 amide bonds. The van der Waals surface area contributed by atoms with E-state index in [1.54, 1.807) is 24.3 Å². The van der Waals surface area contributed by atoms with Gasteiger partial charge in [-0.1, -0.05) is 30.3 Å². The lowest BCUT2D eigenvalue weighted by Gasteiger charge is -2.12. The van der Waals surface area contributed by atoms with Crippen LogP contribution in [0, 0.1) is 13.8 Å². The number of hydrogen-bond acceptors (Lipinski definition) is 11. The second-order valence-corrected chi connectivity index (χ2v) is 7.65. The van der Waals surface area contributed by atoms with E-state index < -0.39 is 5.97 Å². The number of furan rings is 1. The number of carboxylic acid groups (broad SMARTS) is 1. The van der Waals surface area contributed by atoms with Gasteiger partial charge in [0.15, 0.2) is 11.6 Å². The monoisotopic (exact) mass is 468 g/mol. The van der Waals surface area contributed by atoms with Crippen LogP contribution in [0.1, 0.15) is 27.2 Å². The zero-order valence-electron chi connectivity index (χ0n) is 18.6. The van der Waals surface area contributed by atoms with Crippen LogP contribution in [0.2, 0.25) is 0 Å². The minimum absolute atomic E-state index is 0.0657. The maximum absolute atomic E-state index is 11.1. The third-order valence-corrected chi connectivity index (χ3v) is 5.34. The Balaban J connectivity index is 1.39. The van der Waals surface area contributed by atoms with E-state index in [2.05, 4.69) is 36.1 Å². The molecule has 0 unspecified atom stereocenters. The van der Waals surface area contributed by atoms with Crippen molar-refractivity contribution in [1.82, 2.24) is 20.3 Å². The maximum Gasteiger partial charge on any atom is 0.245 e. The minimum Gasteiger partial charge on any atom is -0.545 e. The van der Waals surface area contributed by atoms with Gasteiger partial charge in [0.2, 0.25) is 11.3 Å². The van der Waals surface area contributed by atoms with E-state index in [1.807, 2.05) is 32.0 Å². The first-order valence-corrected chi connectivity index (χ1v) is 10.5. The van der Waals surface area contributed by atoms with Crippen LogP contribution in [-0.4, -0.2) is 32.5 Å². The van der Waals surface area contributed by atoms with Crippen LogP contribution >= 0.6 is 0 Å². The summed E-state index contributed by atoms with van der Waals surface area (Å²) in [6.07, 6.45) is 1.46. The molecule has 3 heterocycles. The molecule has 174 valence electrons. The number of aromatic carboxylic acids is 1. The average molecular weight is 468 g/mol. The molecule has 5 aromatic rings. The number of hydrogen-bond donors (Lipinski definition) is 2. The Kier molecular flexibility index (Phi) is 5.63. The maximum atomic E-state index is 11.1. The number of nitrogens with zero attached hydrogens (tertiary/aromatic N) is 5. The highest BCUT2D eigenvalue weighted by atomic mass is 16.6.